The first-order valence-corrected chi connectivity index (χ1v) is 10.3. The SMILES string of the molecule is C/C=C/C(=O)C1=C(C)CCCC1(C)C.CC(CCO)CCc1ccccc1. The van der Waals surface area contributed by atoms with Gasteiger partial charge in [0.15, 0.2) is 5.78 Å². The molecule has 0 bridgehead atoms. The van der Waals surface area contributed by atoms with E-state index < -0.39 is 0 Å². The van der Waals surface area contributed by atoms with Crippen molar-refractivity contribution in [2.75, 3.05) is 6.61 Å². The van der Waals surface area contributed by atoms with E-state index in [0.717, 1.165) is 31.3 Å². The molecule has 1 aliphatic carbocycles. The van der Waals surface area contributed by atoms with E-state index in [9.17, 15) is 4.79 Å². The van der Waals surface area contributed by atoms with Crippen molar-refractivity contribution in [3.63, 3.8) is 0 Å². The van der Waals surface area contributed by atoms with Gasteiger partial charge < -0.3 is 5.11 Å². The monoisotopic (exact) mass is 370 g/mol. The first kappa shape index (κ1) is 23.4. The second-order valence-corrected chi connectivity index (χ2v) is 8.40. The third kappa shape index (κ3) is 8.26. The minimum absolute atomic E-state index is 0.0684. The Morgan fingerprint density at radius 1 is 1.22 bits per heavy atom. The summed E-state index contributed by atoms with van der Waals surface area (Å²) in [6.45, 7) is 10.8. The van der Waals surface area contributed by atoms with Gasteiger partial charge >= 0.3 is 0 Å². The number of carbonyl (C=O) groups excluding carboxylic acids is 1. The van der Waals surface area contributed by atoms with Crippen LogP contribution in [0, 0.1) is 11.3 Å². The second-order valence-electron chi connectivity index (χ2n) is 8.40. The molecule has 0 amide bonds. The lowest BCUT2D eigenvalue weighted by Gasteiger charge is -2.32. The van der Waals surface area contributed by atoms with Gasteiger partial charge in [0.1, 0.15) is 0 Å². The third-order valence-corrected chi connectivity index (χ3v) is 5.41. The number of carbonyl (C=O) groups is 1. The molecule has 2 rings (SSSR count). The Bertz CT molecular complexity index is 623. The molecular formula is C25H38O2. The minimum atomic E-state index is 0.0684. The van der Waals surface area contributed by atoms with Crippen LogP contribution in [0.2, 0.25) is 0 Å². The summed E-state index contributed by atoms with van der Waals surface area (Å²) >= 11 is 0. The van der Waals surface area contributed by atoms with E-state index in [-0.39, 0.29) is 11.2 Å². The molecule has 0 fully saturated rings. The quantitative estimate of drug-likeness (QED) is 0.572. The number of allylic oxidation sites excluding steroid dienone is 4. The Morgan fingerprint density at radius 2 is 1.89 bits per heavy atom. The lowest BCUT2D eigenvalue weighted by atomic mass is 9.71. The average molecular weight is 371 g/mol. The van der Waals surface area contributed by atoms with E-state index in [1.165, 1.54) is 24.0 Å². The van der Waals surface area contributed by atoms with Crippen LogP contribution in [-0.2, 0) is 11.2 Å². The molecule has 0 aliphatic heterocycles. The fraction of sp³-hybridized carbons (Fsp3) is 0.560. The lowest BCUT2D eigenvalue weighted by Crippen LogP contribution is -2.25. The molecule has 2 nitrogen and oxygen atoms in total. The highest BCUT2D eigenvalue weighted by Crippen LogP contribution is 2.40. The number of hydrogen-bond donors (Lipinski definition) is 1. The number of ketones is 1. The van der Waals surface area contributed by atoms with Gasteiger partial charge in [-0.05, 0) is 75.3 Å². The molecule has 2 heteroatoms. The number of rotatable bonds is 7. The highest BCUT2D eigenvalue weighted by Gasteiger charge is 2.31. The van der Waals surface area contributed by atoms with Crippen molar-refractivity contribution >= 4 is 5.78 Å². The number of aryl methyl sites for hydroxylation is 1. The first-order chi connectivity index (χ1) is 12.8. The molecule has 0 saturated heterocycles. The molecular weight excluding hydrogens is 332 g/mol. The van der Waals surface area contributed by atoms with Crippen LogP contribution in [0.15, 0.2) is 53.6 Å². The van der Waals surface area contributed by atoms with Crippen LogP contribution in [0.3, 0.4) is 0 Å². The third-order valence-electron chi connectivity index (χ3n) is 5.41. The maximum absolute atomic E-state index is 11.9. The lowest BCUT2D eigenvalue weighted by molar-refractivity contribution is -0.112. The zero-order valence-corrected chi connectivity index (χ0v) is 17.9. The fourth-order valence-corrected chi connectivity index (χ4v) is 3.82. The Hall–Kier alpha value is -1.67. The zero-order chi connectivity index (χ0) is 20.3. The Morgan fingerprint density at radius 3 is 2.44 bits per heavy atom. The van der Waals surface area contributed by atoms with Gasteiger partial charge in [-0.25, -0.2) is 0 Å². The largest absolute Gasteiger partial charge is 0.396 e. The van der Waals surface area contributed by atoms with E-state index in [1.807, 2.05) is 19.1 Å². The summed E-state index contributed by atoms with van der Waals surface area (Å²) in [5.74, 6) is 0.833. The van der Waals surface area contributed by atoms with E-state index >= 15 is 0 Å². The minimum Gasteiger partial charge on any atom is -0.396 e. The van der Waals surface area contributed by atoms with Crippen LogP contribution >= 0.6 is 0 Å². The number of aliphatic hydroxyl groups is 1. The van der Waals surface area contributed by atoms with Crippen LogP contribution in [0.5, 0.6) is 0 Å². The van der Waals surface area contributed by atoms with E-state index in [2.05, 4.69) is 52.0 Å². The van der Waals surface area contributed by atoms with Crippen molar-refractivity contribution < 1.29 is 9.90 Å². The van der Waals surface area contributed by atoms with Gasteiger partial charge in [-0.15, -0.1) is 0 Å². The van der Waals surface area contributed by atoms with Gasteiger partial charge in [0, 0.05) is 12.2 Å². The predicted octanol–water partition coefficient (Wildman–Crippen LogP) is 6.30. The van der Waals surface area contributed by atoms with E-state index in [1.54, 1.807) is 6.08 Å². The van der Waals surface area contributed by atoms with Gasteiger partial charge in [-0.1, -0.05) is 62.8 Å². The van der Waals surface area contributed by atoms with Gasteiger partial charge in [-0.2, -0.15) is 0 Å². The van der Waals surface area contributed by atoms with Crippen molar-refractivity contribution in [3.8, 4) is 0 Å². The van der Waals surface area contributed by atoms with Crippen LogP contribution in [0.1, 0.15) is 72.3 Å². The molecule has 1 aliphatic rings. The summed E-state index contributed by atoms with van der Waals surface area (Å²) in [4.78, 5) is 11.9. The molecule has 150 valence electrons. The number of hydrogen-bond acceptors (Lipinski definition) is 2. The number of benzene rings is 1. The Labute approximate surface area is 166 Å². The summed E-state index contributed by atoms with van der Waals surface area (Å²) < 4.78 is 0. The van der Waals surface area contributed by atoms with E-state index in [0.29, 0.717) is 12.5 Å². The molecule has 1 aromatic carbocycles. The van der Waals surface area contributed by atoms with Crippen LogP contribution < -0.4 is 0 Å². The van der Waals surface area contributed by atoms with Crippen LogP contribution in [0.4, 0.5) is 0 Å². The predicted molar refractivity (Wildman–Crippen MR) is 116 cm³/mol. The van der Waals surface area contributed by atoms with Crippen molar-refractivity contribution in [3.05, 3.63) is 59.2 Å². The van der Waals surface area contributed by atoms with E-state index in [4.69, 9.17) is 5.11 Å². The van der Waals surface area contributed by atoms with Gasteiger partial charge in [0.25, 0.3) is 0 Å². The number of aliphatic hydroxyl groups excluding tert-OH is 1. The summed E-state index contributed by atoms with van der Waals surface area (Å²) in [6, 6.07) is 10.5. The first-order valence-electron chi connectivity index (χ1n) is 10.3. The molecule has 0 saturated carbocycles. The molecule has 0 aromatic heterocycles. The molecule has 0 spiro atoms. The van der Waals surface area contributed by atoms with Crippen molar-refractivity contribution in [1.82, 2.24) is 0 Å². The average Bonchev–Trinajstić information content (AvgIpc) is 2.61. The molecule has 1 atom stereocenters. The normalized spacial score (nSPS) is 17.4. The van der Waals surface area contributed by atoms with Crippen molar-refractivity contribution in [1.29, 1.82) is 0 Å². The zero-order valence-electron chi connectivity index (χ0n) is 17.9. The molecule has 1 N–H and O–H groups in total. The highest BCUT2D eigenvalue weighted by molar-refractivity contribution is 6.05. The standard InChI is InChI=1S/C13H20O.C12H18O/c1-5-7-11(14)12-10(2)8-6-9-13(12,3)4;1-11(9-10-13)7-8-12-5-3-2-4-6-12/h5,7H,6,8-9H2,1-4H3;2-6,11,13H,7-10H2,1H3/b7-5+;. The molecule has 0 radical (unpaired) electrons. The topological polar surface area (TPSA) is 37.3 Å². The maximum Gasteiger partial charge on any atom is 0.181 e. The Kier molecular flexibility index (Phi) is 10.3. The molecule has 0 heterocycles. The Balaban J connectivity index is 0.000000271. The second kappa shape index (κ2) is 11.9. The van der Waals surface area contributed by atoms with Gasteiger partial charge in [0.2, 0.25) is 0 Å². The summed E-state index contributed by atoms with van der Waals surface area (Å²) in [7, 11) is 0. The van der Waals surface area contributed by atoms with Crippen molar-refractivity contribution in [2.24, 2.45) is 11.3 Å². The van der Waals surface area contributed by atoms with Gasteiger partial charge in [0.05, 0.1) is 0 Å². The smallest absolute Gasteiger partial charge is 0.181 e. The summed E-state index contributed by atoms with van der Waals surface area (Å²) in [6.07, 6.45) is 10.2. The highest BCUT2D eigenvalue weighted by atomic mass is 16.3. The van der Waals surface area contributed by atoms with Crippen LogP contribution in [0.25, 0.3) is 0 Å². The summed E-state index contributed by atoms with van der Waals surface area (Å²) in [5, 5.41) is 8.73. The molecule has 27 heavy (non-hydrogen) atoms. The molecule has 1 aromatic rings. The van der Waals surface area contributed by atoms with Gasteiger partial charge in [-0.3, -0.25) is 4.79 Å². The summed E-state index contributed by atoms with van der Waals surface area (Å²) in [5.41, 5.74) is 3.79. The fourth-order valence-electron chi connectivity index (χ4n) is 3.82. The molecule has 1 unspecified atom stereocenters. The van der Waals surface area contributed by atoms with Crippen molar-refractivity contribution in [2.45, 2.75) is 73.1 Å². The maximum atomic E-state index is 11.9. The van der Waals surface area contributed by atoms with Crippen LogP contribution in [-0.4, -0.2) is 17.5 Å².